The number of hydrogen-bond acceptors (Lipinski definition) is 5. The van der Waals surface area contributed by atoms with Crippen molar-refractivity contribution in [3.8, 4) is 10.6 Å². The van der Waals surface area contributed by atoms with Crippen LogP contribution in [0, 0.1) is 0 Å². The average molecular weight is 385 g/mol. The van der Waals surface area contributed by atoms with Crippen molar-refractivity contribution in [2.45, 2.75) is 39.8 Å². The number of carbonyl (C=O) groups excluding carboxylic acids is 2. The summed E-state index contributed by atoms with van der Waals surface area (Å²) in [6, 6.07) is 5.81. The fraction of sp³-hybridized carbons (Fsp3) is 0.368. The number of pyridine rings is 1. The molecule has 3 rings (SSSR count). The first kappa shape index (κ1) is 19.0. The Balaban J connectivity index is 1.98. The predicted octanol–water partition coefficient (Wildman–Crippen LogP) is 3.00. The largest absolute Gasteiger partial charge is 0.352 e. The Hall–Kier alpha value is -2.74. The highest BCUT2D eigenvalue weighted by atomic mass is 32.1. The molecule has 8 heteroatoms. The molecule has 3 aromatic rings. The van der Waals surface area contributed by atoms with E-state index in [0.29, 0.717) is 16.6 Å². The molecule has 142 valence electrons. The van der Waals surface area contributed by atoms with E-state index < -0.39 is 0 Å². The number of nitrogens with zero attached hydrogens (tertiary/aromatic N) is 3. The van der Waals surface area contributed by atoms with Gasteiger partial charge in [-0.25, -0.2) is 9.67 Å². The normalized spacial score (nSPS) is 11.3. The Morgan fingerprint density at radius 3 is 2.67 bits per heavy atom. The minimum Gasteiger partial charge on any atom is -0.352 e. The smallest absolute Gasteiger partial charge is 0.252 e. The first-order valence-electron chi connectivity index (χ1n) is 8.86. The molecule has 0 saturated carbocycles. The first-order valence-corrected chi connectivity index (χ1v) is 9.74. The van der Waals surface area contributed by atoms with Crippen LogP contribution < -0.4 is 10.6 Å². The molecule has 2 amide bonds. The van der Waals surface area contributed by atoms with Crippen molar-refractivity contribution in [3.05, 3.63) is 35.3 Å². The third-order valence-corrected chi connectivity index (χ3v) is 4.83. The van der Waals surface area contributed by atoms with E-state index in [9.17, 15) is 9.59 Å². The maximum absolute atomic E-state index is 12.8. The fourth-order valence-corrected chi connectivity index (χ4v) is 3.45. The van der Waals surface area contributed by atoms with Gasteiger partial charge in [0.1, 0.15) is 0 Å². The lowest BCUT2D eigenvalue weighted by molar-refractivity contribution is -0.120. The molecule has 0 aliphatic heterocycles. The van der Waals surface area contributed by atoms with Crippen LogP contribution >= 0.6 is 11.3 Å². The van der Waals surface area contributed by atoms with Crippen molar-refractivity contribution in [2.75, 3.05) is 6.54 Å². The van der Waals surface area contributed by atoms with E-state index in [-0.39, 0.29) is 30.4 Å². The van der Waals surface area contributed by atoms with E-state index in [4.69, 9.17) is 4.98 Å². The zero-order chi connectivity index (χ0) is 19.6. The summed E-state index contributed by atoms with van der Waals surface area (Å²) in [6.45, 7) is 7.71. The molecule has 0 aromatic carbocycles. The number of aromatic nitrogens is 3. The lowest BCUT2D eigenvalue weighted by Crippen LogP contribution is -2.39. The molecular weight excluding hydrogens is 362 g/mol. The van der Waals surface area contributed by atoms with Crippen molar-refractivity contribution in [3.63, 3.8) is 0 Å². The van der Waals surface area contributed by atoms with Gasteiger partial charge in [-0.3, -0.25) is 9.59 Å². The van der Waals surface area contributed by atoms with E-state index in [0.717, 1.165) is 10.6 Å². The van der Waals surface area contributed by atoms with Crippen molar-refractivity contribution < 1.29 is 9.59 Å². The SMILES string of the molecule is CC(C)NC(=O)CNC(=O)c1cc(-c2cccs2)nc2c1cnn2C(C)C. The highest BCUT2D eigenvalue weighted by Gasteiger charge is 2.19. The quantitative estimate of drug-likeness (QED) is 0.683. The Morgan fingerprint density at radius 1 is 1.26 bits per heavy atom. The van der Waals surface area contributed by atoms with Crippen LogP contribution in [0.2, 0.25) is 0 Å². The summed E-state index contributed by atoms with van der Waals surface area (Å²) in [6.07, 6.45) is 1.66. The molecule has 3 heterocycles. The number of fused-ring (bicyclic) bond motifs is 1. The fourth-order valence-electron chi connectivity index (χ4n) is 2.76. The summed E-state index contributed by atoms with van der Waals surface area (Å²) in [5.74, 6) is -0.539. The van der Waals surface area contributed by atoms with Crippen LogP contribution in [0.25, 0.3) is 21.6 Å². The maximum Gasteiger partial charge on any atom is 0.252 e. The van der Waals surface area contributed by atoms with Crippen LogP contribution in [0.1, 0.15) is 44.1 Å². The topological polar surface area (TPSA) is 88.9 Å². The van der Waals surface area contributed by atoms with Crippen LogP contribution in [-0.4, -0.2) is 39.2 Å². The monoisotopic (exact) mass is 385 g/mol. The molecule has 0 aliphatic rings. The molecular formula is C19H23N5O2S. The molecule has 3 aromatic heterocycles. The zero-order valence-electron chi connectivity index (χ0n) is 15.8. The number of thiophene rings is 1. The molecule has 0 atom stereocenters. The maximum atomic E-state index is 12.8. The molecule has 0 bridgehead atoms. The van der Waals surface area contributed by atoms with Crippen molar-refractivity contribution in [2.24, 2.45) is 0 Å². The summed E-state index contributed by atoms with van der Waals surface area (Å²) < 4.78 is 1.80. The van der Waals surface area contributed by atoms with E-state index in [1.54, 1.807) is 28.3 Å². The molecule has 0 fully saturated rings. The summed E-state index contributed by atoms with van der Waals surface area (Å²) in [5.41, 5.74) is 1.84. The minimum atomic E-state index is -0.317. The number of carbonyl (C=O) groups is 2. The average Bonchev–Trinajstić information content (AvgIpc) is 3.27. The van der Waals surface area contributed by atoms with Crippen LogP contribution in [0.4, 0.5) is 0 Å². The van der Waals surface area contributed by atoms with Crippen molar-refractivity contribution in [1.82, 2.24) is 25.4 Å². The molecule has 0 spiro atoms. The second kappa shape index (κ2) is 7.87. The number of amides is 2. The Bertz CT molecular complexity index is 960. The Morgan fingerprint density at radius 2 is 2.04 bits per heavy atom. The highest BCUT2D eigenvalue weighted by Crippen LogP contribution is 2.28. The summed E-state index contributed by atoms with van der Waals surface area (Å²) in [4.78, 5) is 30.3. The summed E-state index contributed by atoms with van der Waals surface area (Å²) >= 11 is 1.56. The first-order chi connectivity index (χ1) is 12.9. The van der Waals surface area contributed by atoms with Crippen molar-refractivity contribution in [1.29, 1.82) is 0 Å². The standard InChI is InChI=1S/C19H23N5O2S/c1-11(2)22-17(25)10-20-19(26)13-8-15(16-6-5-7-27-16)23-18-14(13)9-21-24(18)12(3)4/h5-9,11-12H,10H2,1-4H3,(H,20,26)(H,22,25). The van der Waals surface area contributed by atoms with E-state index in [1.807, 2.05) is 45.2 Å². The van der Waals surface area contributed by atoms with Gasteiger partial charge in [0.25, 0.3) is 5.91 Å². The molecule has 0 saturated heterocycles. The highest BCUT2D eigenvalue weighted by molar-refractivity contribution is 7.13. The zero-order valence-corrected chi connectivity index (χ0v) is 16.6. The van der Waals surface area contributed by atoms with Crippen LogP contribution in [-0.2, 0) is 4.79 Å². The van der Waals surface area contributed by atoms with E-state index >= 15 is 0 Å². The number of rotatable bonds is 6. The van der Waals surface area contributed by atoms with Gasteiger partial charge in [0.2, 0.25) is 5.91 Å². The molecule has 2 N–H and O–H groups in total. The minimum absolute atomic E-state index is 0.0248. The lowest BCUT2D eigenvalue weighted by Gasteiger charge is -2.11. The van der Waals surface area contributed by atoms with Crippen LogP contribution in [0.3, 0.4) is 0 Å². The molecule has 0 radical (unpaired) electrons. The van der Waals surface area contributed by atoms with Crippen LogP contribution in [0.15, 0.2) is 29.8 Å². The number of hydrogen-bond donors (Lipinski definition) is 2. The van der Waals surface area contributed by atoms with Gasteiger partial charge in [0, 0.05) is 12.1 Å². The predicted molar refractivity (Wildman–Crippen MR) is 107 cm³/mol. The third kappa shape index (κ3) is 4.16. The molecule has 0 unspecified atom stereocenters. The number of nitrogens with one attached hydrogen (secondary N) is 2. The second-order valence-electron chi connectivity index (χ2n) is 6.86. The van der Waals surface area contributed by atoms with Crippen LogP contribution in [0.5, 0.6) is 0 Å². The second-order valence-corrected chi connectivity index (χ2v) is 7.81. The Kier molecular flexibility index (Phi) is 5.55. The third-order valence-electron chi connectivity index (χ3n) is 3.93. The molecule has 0 aliphatic carbocycles. The molecule has 7 nitrogen and oxygen atoms in total. The van der Waals surface area contributed by atoms with Gasteiger partial charge < -0.3 is 10.6 Å². The summed E-state index contributed by atoms with van der Waals surface area (Å²) in [7, 11) is 0. The Labute approximate surface area is 161 Å². The van der Waals surface area contributed by atoms with Crippen molar-refractivity contribution >= 4 is 34.2 Å². The van der Waals surface area contributed by atoms with Gasteiger partial charge >= 0.3 is 0 Å². The summed E-state index contributed by atoms with van der Waals surface area (Å²) in [5, 5.41) is 12.5. The van der Waals surface area contributed by atoms with Gasteiger partial charge in [-0.15, -0.1) is 11.3 Å². The molecule has 27 heavy (non-hydrogen) atoms. The van der Waals surface area contributed by atoms with Gasteiger partial charge in [-0.1, -0.05) is 6.07 Å². The van der Waals surface area contributed by atoms with E-state index in [1.165, 1.54) is 0 Å². The van der Waals surface area contributed by atoms with Gasteiger partial charge in [-0.2, -0.15) is 5.10 Å². The van der Waals surface area contributed by atoms with E-state index in [2.05, 4.69) is 15.7 Å². The van der Waals surface area contributed by atoms with Gasteiger partial charge in [0.15, 0.2) is 5.65 Å². The van der Waals surface area contributed by atoms with Gasteiger partial charge in [0.05, 0.1) is 34.3 Å². The lowest BCUT2D eigenvalue weighted by atomic mass is 10.1. The van der Waals surface area contributed by atoms with Gasteiger partial charge in [-0.05, 0) is 45.2 Å².